The molecule has 1 heterocycles. The molecule has 0 atom stereocenters. The van der Waals surface area contributed by atoms with Crippen LogP contribution in [0.2, 0.25) is 0 Å². The van der Waals surface area contributed by atoms with Crippen molar-refractivity contribution in [3.05, 3.63) is 30.0 Å². The van der Waals surface area contributed by atoms with E-state index in [0.717, 1.165) is 0 Å². The van der Waals surface area contributed by atoms with E-state index in [1.165, 1.54) is 0 Å². The normalized spacial score (nSPS) is 10.6. The first-order valence-electron chi connectivity index (χ1n) is 4.82. The number of carbonyl (C=O) groups excluding carboxylic acids is 2. The van der Waals surface area contributed by atoms with Gasteiger partial charge in [-0.05, 0) is 12.1 Å². The van der Waals surface area contributed by atoms with Crippen molar-refractivity contribution < 1.29 is 22.9 Å². The molecule has 0 unspecified atom stereocenters. The number of para-hydroxylation sites is 1. The average Bonchev–Trinajstić information content (AvgIpc) is 2.79. The van der Waals surface area contributed by atoms with Crippen molar-refractivity contribution in [3.63, 3.8) is 0 Å². The summed E-state index contributed by atoms with van der Waals surface area (Å²) in [6, 6.07) is 6.52. The highest BCUT2D eigenvalue weighted by Gasteiger charge is 2.19. The number of hydrogen-bond donors (Lipinski definition) is 2. The van der Waals surface area contributed by atoms with Crippen molar-refractivity contribution in [2.75, 3.05) is 0 Å². The van der Waals surface area contributed by atoms with Gasteiger partial charge < -0.3 is 4.52 Å². The highest BCUT2D eigenvalue weighted by Crippen LogP contribution is 2.17. The zero-order valence-corrected chi connectivity index (χ0v) is 8.81. The maximum absolute atomic E-state index is 11.9. The first kappa shape index (κ1) is 12.0. The molecule has 0 bridgehead atoms. The van der Waals surface area contributed by atoms with Crippen molar-refractivity contribution in [1.29, 1.82) is 0 Å². The number of aromatic nitrogens is 1. The Morgan fingerprint density at radius 1 is 1.22 bits per heavy atom. The summed E-state index contributed by atoms with van der Waals surface area (Å²) in [6.45, 7) is 0. The number of alkyl halides is 2. The lowest BCUT2D eigenvalue weighted by Gasteiger charge is -2.04. The Balaban J connectivity index is 2.12. The second kappa shape index (κ2) is 4.78. The molecule has 0 radical (unpaired) electrons. The van der Waals surface area contributed by atoms with E-state index in [2.05, 4.69) is 5.16 Å². The first-order chi connectivity index (χ1) is 8.59. The second-order valence-electron chi connectivity index (χ2n) is 3.27. The largest absolute Gasteiger partial charge is 0.355 e. The van der Waals surface area contributed by atoms with Crippen LogP contribution in [-0.4, -0.2) is 23.4 Å². The SMILES string of the molecule is O=C(NNC(=O)C(F)F)c1noc2ccccc12. The molecule has 0 aliphatic carbocycles. The zero-order chi connectivity index (χ0) is 13.1. The minimum atomic E-state index is -3.21. The predicted octanol–water partition coefficient (Wildman–Crippen LogP) is 0.854. The number of halogens is 2. The minimum Gasteiger partial charge on any atom is -0.355 e. The van der Waals surface area contributed by atoms with Gasteiger partial charge in [-0.25, -0.2) is 0 Å². The number of nitrogens with zero attached hydrogens (tertiary/aromatic N) is 1. The highest BCUT2D eigenvalue weighted by molar-refractivity contribution is 6.04. The first-order valence-corrected chi connectivity index (χ1v) is 4.82. The summed E-state index contributed by atoms with van der Waals surface area (Å²) in [6.07, 6.45) is -3.21. The van der Waals surface area contributed by atoms with E-state index >= 15 is 0 Å². The van der Waals surface area contributed by atoms with Crippen LogP contribution in [0.15, 0.2) is 28.8 Å². The standard InChI is InChI=1S/C10H7F2N3O3/c11-8(12)10(17)14-13-9(16)7-5-3-1-2-4-6(5)18-15-7/h1-4,8H,(H,13,16)(H,14,17). The van der Waals surface area contributed by atoms with Crippen molar-refractivity contribution in [2.45, 2.75) is 6.43 Å². The molecular formula is C10H7F2N3O3. The maximum atomic E-state index is 11.9. The van der Waals surface area contributed by atoms with Crippen LogP contribution in [0.5, 0.6) is 0 Å². The Labute approximate surface area is 98.9 Å². The predicted molar refractivity (Wildman–Crippen MR) is 55.6 cm³/mol. The molecular weight excluding hydrogens is 248 g/mol. The van der Waals surface area contributed by atoms with Gasteiger partial charge in [-0.3, -0.25) is 20.4 Å². The summed E-state index contributed by atoms with van der Waals surface area (Å²) in [4.78, 5) is 22.1. The van der Waals surface area contributed by atoms with Crippen molar-refractivity contribution in [3.8, 4) is 0 Å². The lowest BCUT2D eigenvalue weighted by Crippen LogP contribution is -2.44. The Bertz CT molecular complexity index is 597. The molecule has 8 heteroatoms. The Morgan fingerprint density at radius 3 is 2.67 bits per heavy atom. The molecule has 0 saturated heterocycles. The van der Waals surface area contributed by atoms with Gasteiger partial charge in [-0.15, -0.1) is 0 Å². The molecule has 1 aromatic carbocycles. The van der Waals surface area contributed by atoms with Crippen LogP contribution in [-0.2, 0) is 4.79 Å². The summed E-state index contributed by atoms with van der Waals surface area (Å²) < 4.78 is 28.6. The topological polar surface area (TPSA) is 84.2 Å². The highest BCUT2D eigenvalue weighted by atomic mass is 19.3. The quantitative estimate of drug-likeness (QED) is 0.779. The Kier molecular flexibility index (Phi) is 3.18. The van der Waals surface area contributed by atoms with Gasteiger partial charge in [0.25, 0.3) is 5.91 Å². The Morgan fingerprint density at radius 2 is 1.94 bits per heavy atom. The number of carbonyl (C=O) groups is 2. The van der Waals surface area contributed by atoms with E-state index in [9.17, 15) is 18.4 Å². The molecule has 6 nitrogen and oxygen atoms in total. The molecule has 0 aliphatic heterocycles. The third-order valence-electron chi connectivity index (χ3n) is 2.09. The molecule has 2 rings (SSSR count). The van der Waals surface area contributed by atoms with Gasteiger partial charge in [0.2, 0.25) is 0 Å². The van der Waals surface area contributed by atoms with Gasteiger partial charge in [0, 0.05) is 0 Å². The van der Waals surface area contributed by atoms with Gasteiger partial charge in [0.15, 0.2) is 11.3 Å². The molecule has 0 fully saturated rings. The van der Waals surface area contributed by atoms with E-state index in [1.54, 1.807) is 29.7 Å². The lowest BCUT2D eigenvalue weighted by atomic mass is 10.2. The summed E-state index contributed by atoms with van der Waals surface area (Å²) >= 11 is 0. The maximum Gasteiger partial charge on any atom is 0.317 e. The number of benzene rings is 1. The van der Waals surface area contributed by atoms with E-state index in [0.29, 0.717) is 11.0 Å². The van der Waals surface area contributed by atoms with Gasteiger partial charge >= 0.3 is 12.3 Å². The van der Waals surface area contributed by atoms with Gasteiger partial charge in [0.05, 0.1) is 5.39 Å². The summed E-state index contributed by atoms with van der Waals surface area (Å²) in [5, 5.41) is 3.91. The zero-order valence-electron chi connectivity index (χ0n) is 8.81. The monoisotopic (exact) mass is 255 g/mol. The number of rotatable bonds is 2. The van der Waals surface area contributed by atoms with Gasteiger partial charge in [-0.2, -0.15) is 8.78 Å². The number of amides is 2. The molecule has 2 N–H and O–H groups in total. The fourth-order valence-electron chi connectivity index (χ4n) is 1.28. The van der Waals surface area contributed by atoms with E-state index in [1.807, 2.05) is 5.43 Å². The molecule has 18 heavy (non-hydrogen) atoms. The molecule has 0 spiro atoms. The van der Waals surface area contributed by atoms with Gasteiger partial charge in [-0.1, -0.05) is 17.3 Å². The second-order valence-corrected chi connectivity index (χ2v) is 3.27. The summed E-state index contributed by atoms with van der Waals surface area (Å²) in [7, 11) is 0. The average molecular weight is 255 g/mol. The number of fused-ring (bicyclic) bond motifs is 1. The van der Waals surface area contributed by atoms with Crippen LogP contribution < -0.4 is 10.9 Å². The fourth-order valence-corrected chi connectivity index (χ4v) is 1.28. The number of hydrogen-bond acceptors (Lipinski definition) is 4. The fraction of sp³-hybridized carbons (Fsp3) is 0.100. The minimum absolute atomic E-state index is 0.0971. The lowest BCUT2D eigenvalue weighted by molar-refractivity contribution is -0.132. The van der Waals surface area contributed by atoms with E-state index in [-0.39, 0.29) is 5.69 Å². The van der Waals surface area contributed by atoms with Crippen molar-refractivity contribution in [1.82, 2.24) is 16.0 Å². The molecule has 2 amide bonds. The van der Waals surface area contributed by atoms with Crippen LogP contribution in [0.1, 0.15) is 10.5 Å². The third kappa shape index (κ3) is 2.26. The molecule has 94 valence electrons. The van der Waals surface area contributed by atoms with E-state index < -0.39 is 18.2 Å². The number of nitrogens with one attached hydrogen (secondary N) is 2. The van der Waals surface area contributed by atoms with Crippen LogP contribution in [0.3, 0.4) is 0 Å². The van der Waals surface area contributed by atoms with Crippen LogP contribution in [0.4, 0.5) is 8.78 Å². The van der Waals surface area contributed by atoms with Crippen molar-refractivity contribution >= 4 is 22.8 Å². The molecule has 0 aliphatic rings. The number of hydrazine groups is 1. The third-order valence-corrected chi connectivity index (χ3v) is 2.09. The van der Waals surface area contributed by atoms with Crippen molar-refractivity contribution in [2.24, 2.45) is 0 Å². The van der Waals surface area contributed by atoms with Crippen LogP contribution >= 0.6 is 0 Å². The van der Waals surface area contributed by atoms with Gasteiger partial charge in [0.1, 0.15) is 0 Å². The van der Waals surface area contributed by atoms with E-state index in [4.69, 9.17) is 4.52 Å². The van der Waals surface area contributed by atoms with Crippen LogP contribution in [0, 0.1) is 0 Å². The smallest absolute Gasteiger partial charge is 0.317 e. The molecule has 1 aromatic heterocycles. The molecule has 0 saturated carbocycles. The van der Waals surface area contributed by atoms with Crippen LogP contribution in [0.25, 0.3) is 11.0 Å². The summed E-state index contributed by atoms with van der Waals surface area (Å²) in [5.41, 5.74) is 3.66. The Hall–Kier alpha value is -2.51. The summed E-state index contributed by atoms with van der Waals surface area (Å²) in [5.74, 6) is -2.44. The molecule has 2 aromatic rings.